The summed E-state index contributed by atoms with van der Waals surface area (Å²) in [7, 11) is 0. The van der Waals surface area contributed by atoms with Gasteiger partial charge in [0, 0.05) is 5.38 Å². The molecule has 0 spiro atoms. The maximum atomic E-state index is 13.0. The van der Waals surface area contributed by atoms with Crippen LogP contribution in [0.1, 0.15) is 22.9 Å². The molecule has 0 aliphatic rings. The molecule has 0 atom stereocenters. The van der Waals surface area contributed by atoms with Crippen LogP contribution in [0.25, 0.3) is 11.0 Å². The van der Waals surface area contributed by atoms with E-state index in [0.29, 0.717) is 11.0 Å². The Bertz CT molecular complexity index is 1550. The average molecular weight is 529 g/mol. The third-order valence-electron chi connectivity index (χ3n) is 5.24. The highest BCUT2D eigenvalue weighted by Crippen LogP contribution is 2.26. The number of esters is 1. The van der Waals surface area contributed by atoms with Gasteiger partial charge < -0.3 is 20.1 Å². The van der Waals surface area contributed by atoms with E-state index >= 15 is 0 Å². The summed E-state index contributed by atoms with van der Waals surface area (Å²) in [5.74, 6) is -1.63. The SMILES string of the molecule is Nc1nc(/C(=N/OCC(=O)OC(c2ccccc2)c2ccccc2)C(=O)On2nnc3ccccc32)cs1. The number of oxime groups is 1. The van der Waals surface area contributed by atoms with Crippen LogP contribution in [0.4, 0.5) is 5.13 Å². The lowest BCUT2D eigenvalue weighted by molar-refractivity contribution is -0.153. The van der Waals surface area contributed by atoms with E-state index in [2.05, 4.69) is 20.5 Å². The number of fused-ring (bicyclic) bond motifs is 1. The van der Waals surface area contributed by atoms with Crippen LogP contribution in [0.3, 0.4) is 0 Å². The number of carbonyl (C=O) groups excluding carboxylic acids is 2. The Hall–Kier alpha value is -5.10. The van der Waals surface area contributed by atoms with Crippen molar-refractivity contribution in [2.75, 3.05) is 12.3 Å². The molecule has 0 radical (unpaired) electrons. The summed E-state index contributed by atoms with van der Waals surface area (Å²) in [5.41, 5.74) is 8.10. The number of hydrogen-bond donors (Lipinski definition) is 1. The first-order chi connectivity index (χ1) is 18.6. The second-order valence-electron chi connectivity index (χ2n) is 7.81. The van der Waals surface area contributed by atoms with Crippen LogP contribution >= 0.6 is 11.3 Å². The van der Waals surface area contributed by atoms with Crippen molar-refractivity contribution >= 4 is 45.2 Å². The van der Waals surface area contributed by atoms with E-state index in [4.69, 9.17) is 20.1 Å². The second kappa shape index (κ2) is 11.3. The van der Waals surface area contributed by atoms with Crippen LogP contribution in [-0.2, 0) is 19.2 Å². The fraction of sp³-hybridized carbons (Fsp3) is 0.0769. The van der Waals surface area contributed by atoms with Crippen molar-refractivity contribution in [1.82, 2.24) is 20.1 Å². The van der Waals surface area contributed by atoms with Gasteiger partial charge >= 0.3 is 11.9 Å². The molecular formula is C26H20N6O5S. The van der Waals surface area contributed by atoms with E-state index in [1.807, 2.05) is 60.7 Å². The average Bonchev–Trinajstić information content (AvgIpc) is 3.56. The quantitative estimate of drug-likeness (QED) is 0.132. The van der Waals surface area contributed by atoms with Crippen LogP contribution in [0.2, 0.25) is 0 Å². The molecular weight excluding hydrogens is 508 g/mol. The van der Waals surface area contributed by atoms with E-state index < -0.39 is 24.6 Å². The lowest BCUT2D eigenvalue weighted by Gasteiger charge is -2.18. The van der Waals surface area contributed by atoms with Crippen LogP contribution in [0.5, 0.6) is 0 Å². The lowest BCUT2D eigenvalue weighted by Crippen LogP contribution is -2.29. The third kappa shape index (κ3) is 5.65. The number of para-hydroxylation sites is 1. The molecule has 5 rings (SSSR count). The standard InChI is InChI=1S/C26H20N6O5S/c27-26-28-20(16-38-26)23(25(34)37-32-21-14-8-7-13-19(21)29-31-32)30-35-15-22(33)36-24(17-9-3-1-4-10-17)18-11-5-2-6-12-18/h1-14,16,24H,15H2,(H2,27,28)/b30-23-. The van der Waals surface area contributed by atoms with E-state index in [0.717, 1.165) is 27.3 Å². The van der Waals surface area contributed by atoms with E-state index in [-0.39, 0.29) is 16.5 Å². The number of nitrogens with two attached hydrogens (primary N) is 1. The van der Waals surface area contributed by atoms with Crippen LogP contribution in [0.15, 0.2) is 95.5 Å². The Morgan fingerprint density at radius 1 is 0.947 bits per heavy atom. The van der Waals surface area contributed by atoms with Crippen molar-refractivity contribution in [3.63, 3.8) is 0 Å². The molecule has 38 heavy (non-hydrogen) atoms. The molecule has 2 N–H and O–H groups in total. The summed E-state index contributed by atoms with van der Waals surface area (Å²) in [4.78, 5) is 41.3. The molecule has 0 aliphatic heterocycles. The zero-order valence-electron chi connectivity index (χ0n) is 19.7. The molecule has 0 saturated carbocycles. The molecule has 0 bridgehead atoms. The molecule has 0 aliphatic carbocycles. The number of ether oxygens (including phenoxy) is 1. The van der Waals surface area contributed by atoms with Gasteiger partial charge in [0.2, 0.25) is 12.3 Å². The Morgan fingerprint density at radius 3 is 2.26 bits per heavy atom. The molecule has 2 heterocycles. The number of benzene rings is 3. The number of aromatic nitrogens is 4. The van der Waals surface area contributed by atoms with Crippen LogP contribution < -0.4 is 10.6 Å². The summed E-state index contributed by atoms with van der Waals surface area (Å²) in [6, 6.07) is 25.5. The predicted molar refractivity (Wildman–Crippen MR) is 139 cm³/mol. The molecule has 0 saturated heterocycles. The summed E-state index contributed by atoms with van der Waals surface area (Å²) in [6.07, 6.45) is -0.652. The first kappa shape index (κ1) is 24.6. The smallest absolute Gasteiger partial charge is 0.389 e. The van der Waals surface area contributed by atoms with Gasteiger partial charge in [0.15, 0.2) is 11.2 Å². The Kier molecular flexibility index (Phi) is 7.32. The zero-order valence-corrected chi connectivity index (χ0v) is 20.5. The highest BCUT2D eigenvalue weighted by Gasteiger charge is 2.24. The number of hydrogen-bond acceptors (Lipinski definition) is 11. The fourth-order valence-electron chi connectivity index (χ4n) is 3.52. The topological polar surface area (TPSA) is 144 Å². The first-order valence-electron chi connectivity index (χ1n) is 11.3. The summed E-state index contributed by atoms with van der Waals surface area (Å²) in [5, 5.41) is 13.3. The third-order valence-corrected chi connectivity index (χ3v) is 5.91. The highest BCUT2D eigenvalue weighted by atomic mass is 32.1. The largest absolute Gasteiger partial charge is 0.450 e. The molecule has 0 unspecified atom stereocenters. The molecule has 0 fully saturated rings. The van der Waals surface area contributed by atoms with Gasteiger partial charge in [-0.05, 0) is 28.5 Å². The van der Waals surface area contributed by atoms with E-state index in [9.17, 15) is 9.59 Å². The number of anilines is 1. The first-order valence-corrected chi connectivity index (χ1v) is 12.2. The number of rotatable bonds is 9. The van der Waals surface area contributed by atoms with Gasteiger partial charge in [-0.25, -0.2) is 14.6 Å². The normalized spacial score (nSPS) is 11.4. The van der Waals surface area contributed by atoms with Gasteiger partial charge in [0.25, 0.3) is 0 Å². The molecule has 3 aromatic carbocycles. The fourth-order valence-corrected chi connectivity index (χ4v) is 4.07. The van der Waals surface area contributed by atoms with Crippen molar-refractivity contribution < 1.29 is 24.0 Å². The predicted octanol–water partition coefficient (Wildman–Crippen LogP) is 3.18. The number of nitrogens with zero attached hydrogens (tertiary/aromatic N) is 5. The maximum absolute atomic E-state index is 13.0. The summed E-state index contributed by atoms with van der Waals surface area (Å²) in [6.45, 7) is -0.571. The van der Waals surface area contributed by atoms with Gasteiger partial charge in [-0.15, -0.1) is 16.4 Å². The lowest BCUT2D eigenvalue weighted by atomic mass is 10.0. The van der Waals surface area contributed by atoms with Gasteiger partial charge in [-0.2, -0.15) is 0 Å². The Balaban J connectivity index is 1.31. The second-order valence-corrected chi connectivity index (χ2v) is 8.70. The summed E-state index contributed by atoms with van der Waals surface area (Å²) < 4.78 is 5.70. The summed E-state index contributed by atoms with van der Waals surface area (Å²) >= 11 is 1.10. The molecule has 0 amide bonds. The molecule has 11 nitrogen and oxygen atoms in total. The number of nitrogen functional groups attached to an aromatic ring is 1. The van der Waals surface area contributed by atoms with Crippen molar-refractivity contribution in [3.05, 3.63) is 107 Å². The molecule has 12 heteroatoms. The molecule has 190 valence electrons. The van der Waals surface area contributed by atoms with E-state index in [1.54, 1.807) is 24.3 Å². The van der Waals surface area contributed by atoms with Gasteiger partial charge in [-0.3, -0.25) is 0 Å². The Morgan fingerprint density at radius 2 is 1.61 bits per heavy atom. The van der Waals surface area contributed by atoms with Crippen molar-refractivity contribution in [1.29, 1.82) is 0 Å². The van der Waals surface area contributed by atoms with Crippen molar-refractivity contribution in [3.8, 4) is 0 Å². The van der Waals surface area contributed by atoms with Crippen LogP contribution in [0, 0.1) is 0 Å². The molecule has 5 aromatic rings. The minimum atomic E-state index is -0.939. The number of thiazole rings is 1. The highest BCUT2D eigenvalue weighted by molar-refractivity contribution is 7.13. The van der Waals surface area contributed by atoms with Gasteiger partial charge in [0.05, 0.1) is 0 Å². The zero-order chi connectivity index (χ0) is 26.3. The van der Waals surface area contributed by atoms with Gasteiger partial charge in [0.1, 0.15) is 16.7 Å². The van der Waals surface area contributed by atoms with Gasteiger partial charge in [-0.1, -0.05) is 82.8 Å². The Labute approximate surface area is 220 Å². The van der Waals surface area contributed by atoms with E-state index in [1.165, 1.54) is 5.38 Å². The number of carbonyl (C=O) groups is 2. The molecule has 2 aromatic heterocycles. The minimum absolute atomic E-state index is 0.113. The monoisotopic (exact) mass is 528 g/mol. The van der Waals surface area contributed by atoms with Crippen LogP contribution in [-0.4, -0.2) is 44.4 Å². The van der Waals surface area contributed by atoms with Crippen molar-refractivity contribution in [2.45, 2.75) is 6.10 Å². The maximum Gasteiger partial charge on any atom is 0.389 e. The van der Waals surface area contributed by atoms with Crippen molar-refractivity contribution in [2.24, 2.45) is 5.16 Å². The minimum Gasteiger partial charge on any atom is -0.450 e.